The molecule has 1 aromatic carbocycles. The fourth-order valence-corrected chi connectivity index (χ4v) is 3.04. The number of hydrogen-bond acceptors (Lipinski definition) is 3. The first-order valence-corrected chi connectivity index (χ1v) is 7.43. The van der Waals surface area contributed by atoms with Gasteiger partial charge in [0.25, 0.3) is 0 Å². The highest BCUT2D eigenvalue weighted by Gasteiger charge is 2.22. The van der Waals surface area contributed by atoms with Gasteiger partial charge >= 0.3 is 5.97 Å². The first-order valence-electron chi connectivity index (χ1n) is 5.95. The Balaban J connectivity index is 2.99. The fraction of sp³-hybridized carbons (Fsp3) is 0.417. The first-order chi connectivity index (χ1) is 9.24. The van der Waals surface area contributed by atoms with E-state index in [0.717, 1.165) is 0 Å². The quantitative estimate of drug-likeness (QED) is 0.805. The van der Waals surface area contributed by atoms with Gasteiger partial charge in [-0.1, -0.05) is 13.3 Å². The van der Waals surface area contributed by atoms with Crippen LogP contribution in [0.25, 0.3) is 0 Å². The Morgan fingerprint density at radius 2 is 1.85 bits per heavy atom. The van der Waals surface area contributed by atoms with Gasteiger partial charge in [-0.2, -0.15) is 0 Å². The van der Waals surface area contributed by atoms with E-state index in [4.69, 9.17) is 5.11 Å². The van der Waals surface area contributed by atoms with E-state index in [1.165, 1.54) is 0 Å². The standard InChI is InChI=1S/C12H15F2NO4S/c1-2-3-10(7-12(16)17)15-20(18,19)11-5-8(13)4-9(14)6-11/h4-6,10,15H,2-3,7H2,1H3,(H,16,17). The molecule has 0 fully saturated rings. The number of nitrogens with one attached hydrogen (secondary N) is 1. The monoisotopic (exact) mass is 307 g/mol. The fourth-order valence-electron chi connectivity index (χ4n) is 1.73. The molecule has 1 aromatic rings. The summed E-state index contributed by atoms with van der Waals surface area (Å²) in [5, 5.41) is 8.71. The average molecular weight is 307 g/mol. The molecule has 0 aliphatic rings. The molecule has 0 saturated heterocycles. The third-order valence-corrected chi connectivity index (χ3v) is 4.03. The molecule has 0 heterocycles. The number of rotatable bonds is 7. The molecule has 20 heavy (non-hydrogen) atoms. The molecule has 0 radical (unpaired) electrons. The van der Waals surface area contributed by atoms with Crippen LogP contribution in [0.3, 0.4) is 0 Å². The summed E-state index contributed by atoms with van der Waals surface area (Å²) in [5.41, 5.74) is 0. The molecule has 1 rings (SSSR count). The highest BCUT2D eigenvalue weighted by molar-refractivity contribution is 7.89. The number of sulfonamides is 1. The molecule has 5 nitrogen and oxygen atoms in total. The maximum absolute atomic E-state index is 13.0. The predicted octanol–water partition coefficient (Wildman–Crippen LogP) is 1.89. The summed E-state index contributed by atoms with van der Waals surface area (Å²) >= 11 is 0. The van der Waals surface area contributed by atoms with Crippen molar-refractivity contribution < 1.29 is 27.1 Å². The molecule has 0 saturated carbocycles. The number of carboxylic acid groups (broad SMARTS) is 1. The SMILES string of the molecule is CCCC(CC(=O)O)NS(=O)(=O)c1cc(F)cc(F)c1. The molecule has 1 atom stereocenters. The number of carbonyl (C=O) groups is 1. The zero-order valence-corrected chi connectivity index (χ0v) is 11.6. The molecule has 0 spiro atoms. The van der Waals surface area contributed by atoms with Gasteiger partial charge in [-0.3, -0.25) is 4.79 Å². The van der Waals surface area contributed by atoms with Crippen molar-refractivity contribution in [3.8, 4) is 0 Å². The summed E-state index contributed by atoms with van der Waals surface area (Å²) in [6, 6.07) is 1.08. The number of hydrogen-bond donors (Lipinski definition) is 2. The predicted molar refractivity (Wildman–Crippen MR) is 67.6 cm³/mol. The van der Waals surface area contributed by atoms with Crippen LogP contribution in [0.1, 0.15) is 26.2 Å². The van der Waals surface area contributed by atoms with Crippen LogP contribution in [-0.2, 0) is 14.8 Å². The lowest BCUT2D eigenvalue weighted by Gasteiger charge is -2.16. The van der Waals surface area contributed by atoms with Gasteiger partial charge in [0.15, 0.2) is 0 Å². The van der Waals surface area contributed by atoms with Crippen molar-refractivity contribution >= 4 is 16.0 Å². The average Bonchev–Trinajstić information content (AvgIpc) is 2.26. The van der Waals surface area contributed by atoms with Crippen molar-refractivity contribution in [1.82, 2.24) is 4.72 Å². The molecule has 0 bridgehead atoms. The van der Waals surface area contributed by atoms with Crippen LogP contribution < -0.4 is 4.72 Å². The molecule has 1 unspecified atom stereocenters. The highest BCUT2D eigenvalue weighted by Crippen LogP contribution is 2.15. The van der Waals surface area contributed by atoms with Crippen LogP contribution in [0.4, 0.5) is 8.78 Å². The van der Waals surface area contributed by atoms with Gasteiger partial charge in [0.1, 0.15) is 11.6 Å². The Labute approximate surface area is 115 Å². The van der Waals surface area contributed by atoms with Crippen LogP contribution in [0.15, 0.2) is 23.1 Å². The molecule has 8 heteroatoms. The van der Waals surface area contributed by atoms with Crippen LogP contribution in [0.5, 0.6) is 0 Å². The van der Waals surface area contributed by atoms with E-state index in [0.29, 0.717) is 31.0 Å². The zero-order chi connectivity index (χ0) is 15.3. The summed E-state index contributed by atoms with van der Waals surface area (Å²) in [6.45, 7) is 1.77. The molecule has 112 valence electrons. The Morgan fingerprint density at radius 1 is 1.30 bits per heavy atom. The first kappa shape index (κ1) is 16.5. The minimum Gasteiger partial charge on any atom is -0.481 e. The molecular formula is C12H15F2NO4S. The lowest BCUT2D eigenvalue weighted by molar-refractivity contribution is -0.137. The van der Waals surface area contributed by atoms with Crippen molar-refractivity contribution in [2.45, 2.75) is 37.1 Å². The molecule has 2 N–H and O–H groups in total. The van der Waals surface area contributed by atoms with Crippen LogP contribution in [-0.4, -0.2) is 25.5 Å². The Bertz CT molecular complexity index is 569. The molecule has 0 aromatic heterocycles. The Hall–Kier alpha value is -1.54. The third-order valence-electron chi connectivity index (χ3n) is 2.53. The van der Waals surface area contributed by atoms with E-state index in [1.807, 2.05) is 0 Å². The van der Waals surface area contributed by atoms with E-state index in [2.05, 4.69) is 4.72 Å². The lowest BCUT2D eigenvalue weighted by atomic mass is 10.1. The van der Waals surface area contributed by atoms with E-state index < -0.39 is 45.0 Å². The summed E-state index contributed by atoms with van der Waals surface area (Å²) in [5.74, 6) is -3.19. The number of aliphatic carboxylic acids is 1. The topological polar surface area (TPSA) is 83.5 Å². The van der Waals surface area contributed by atoms with Crippen molar-refractivity contribution in [1.29, 1.82) is 0 Å². The maximum Gasteiger partial charge on any atom is 0.304 e. The van der Waals surface area contributed by atoms with Gasteiger partial charge in [-0.15, -0.1) is 0 Å². The van der Waals surface area contributed by atoms with Gasteiger partial charge in [0, 0.05) is 12.1 Å². The van der Waals surface area contributed by atoms with Crippen molar-refractivity contribution in [2.24, 2.45) is 0 Å². The second kappa shape index (κ2) is 6.76. The van der Waals surface area contributed by atoms with E-state index in [1.54, 1.807) is 6.92 Å². The largest absolute Gasteiger partial charge is 0.481 e. The van der Waals surface area contributed by atoms with Crippen molar-refractivity contribution in [3.05, 3.63) is 29.8 Å². The Kier molecular flexibility index (Phi) is 5.58. The van der Waals surface area contributed by atoms with Gasteiger partial charge in [0.05, 0.1) is 11.3 Å². The van der Waals surface area contributed by atoms with Gasteiger partial charge in [-0.05, 0) is 18.6 Å². The normalized spacial score (nSPS) is 13.2. The summed E-state index contributed by atoms with van der Waals surface area (Å²) in [4.78, 5) is 10.1. The van der Waals surface area contributed by atoms with Crippen LogP contribution >= 0.6 is 0 Å². The van der Waals surface area contributed by atoms with E-state index in [9.17, 15) is 22.0 Å². The summed E-state index contributed by atoms with van der Waals surface area (Å²) in [7, 11) is -4.17. The zero-order valence-electron chi connectivity index (χ0n) is 10.8. The maximum atomic E-state index is 13.0. The molecule has 0 aliphatic heterocycles. The van der Waals surface area contributed by atoms with E-state index >= 15 is 0 Å². The number of carboxylic acids is 1. The highest BCUT2D eigenvalue weighted by atomic mass is 32.2. The van der Waals surface area contributed by atoms with Crippen LogP contribution in [0.2, 0.25) is 0 Å². The van der Waals surface area contributed by atoms with Crippen molar-refractivity contribution in [3.63, 3.8) is 0 Å². The van der Waals surface area contributed by atoms with E-state index in [-0.39, 0.29) is 0 Å². The number of benzene rings is 1. The summed E-state index contributed by atoms with van der Waals surface area (Å²) < 4.78 is 52.1. The second-order valence-electron chi connectivity index (χ2n) is 4.31. The smallest absolute Gasteiger partial charge is 0.304 e. The van der Waals surface area contributed by atoms with Gasteiger partial charge < -0.3 is 5.11 Å². The molecule has 0 aliphatic carbocycles. The Morgan fingerprint density at radius 3 is 2.30 bits per heavy atom. The number of halogens is 2. The van der Waals surface area contributed by atoms with Crippen LogP contribution in [0, 0.1) is 11.6 Å². The van der Waals surface area contributed by atoms with Gasteiger partial charge in [-0.25, -0.2) is 21.9 Å². The minimum absolute atomic E-state index is 0.309. The summed E-state index contributed by atoms with van der Waals surface area (Å²) in [6.07, 6.45) is 0.478. The lowest BCUT2D eigenvalue weighted by Crippen LogP contribution is -2.36. The third kappa shape index (κ3) is 4.86. The molecular weight excluding hydrogens is 292 g/mol. The van der Waals surface area contributed by atoms with Crippen molar-refractivity contribution in [2.75, 3.05) is 0 Å². The second-order valence-corrected chi connectivity index (χ2v) is 6.02. The van der Waals surface area contributed by atoms with Gasteiger partial charge in [0.2, 0.25) is 10.0 Å². The minimum atomic E-state index is -4.17. The molecule has 0 amide bonds.